The van der Waals surface area contributed by atoms with E-state index in [0.29, 0.717) is 0 Å². The summed E-state index contributed by atoms with van der Waals surface area (Å²) in [5, 5.41) is 7.86. The van der Waals surface area contributed by atoms with Crippen molar-refractivity contribution in [1.82, 2.24) is 9.13 Å². The fourth-order valence-electron chi connectivity index (χ4n) is 11.0. The molecule has 11 aromatic rings. The normalized spacial score (nSPS) is 14.8. The molecule has 3 aromatic heterocycles. The molecule has 270 valence electrons. The highest BCUT2D eigenvalue weighted by atomic mass is 32.1. The molecule has 0 aliphatic heterocycles. The van der Waals surface area contributed by atoms with Gasteiger partial charge in [0.2, 0.25) is 0 Å². The molecule has 0 amide bonds. The van der Waals surface area contributed by atoms with Crippen molar-refractivity contribution in [3.63, 3.8) is 0 Å². The highest BCUT2D eigenvalue weighted by molar-refractivity contribution is 7.25. The lowest BCUT2D eigenvalue weighted by atomic mass is 9.68. The number of hydrogen-bond acceptors (Lipinski definition) is 1. The first-order chi connectivity index (χ1) is 28.2. The highest BCUT2D eigenvalue weighted by Gasteiger charge is 2.44. The van der Waals surface area contributed by atoms with Crippen molar-refractivity contribution in [1.29, 1.82) is 0 Å². The van der Waals surface area contributed by atoms with Gasteiger partial charge in [0.05, 0.1) is 22.1 Å². The van der Waals surface area contributed by atoms with Crippen LogP contribution in [0.5, 0.6) is 0 Å². The second-order valence-electron chi connectivity index (χ2n) is 16.4. The zero-order valence-electron chi connectivity index (χ0n) is 31.5. The Kier molecular flexibility index (Phi) is 6.57. The molecule has 1 saturated carbocycles. The molecule has 0 bridgehead atoms. The van der Waals surface area contributed by atoms with Crippen LogP contribution >= 0.6 is 11.3 Å². The zero-order valence-corrected chi connectivity index (χ0v) is 32.3. The minimum absolute atomic E-state index is 0.119. The van der Waals surface area contributed by atoms with Crippen LogP contribution in [0.15, 0.2) is 170 Å². The second kappa shape index (κ2) is 11.8. The molecular formula is C54H38N2S. The van der Waals surface area contributed by atoms with E-state index >= 15 is 0 Å². The van der Waals surface area contributed by atoms with Crippen LogP contribution in [0.1, 0.15) is 43.2 Å². The molecule has 3 heteroatoms. The van der Waals surface area contributed by atoms with E-state index in [1.165, 1.54) is 130 Å². The first-order valence-electron chi connectivity index (χ1n) is 20.5. The molecule has 0 radical (unpaired) electrons. The smallest absolute Gasteiger partial charge is 0.0547 e. The van der Waals surface area contributed by atoms with Gasteiger partial charge in [-0.05, 0) is 113 Å². The van der Waals surface area contributed by atoms with Gasteiger partial charge in [-0.3, -0.25) is 0 Å². The van der Waals surface area contributed by atoms with Crippen molar-refractivity contribution in [3.05, 3.63) is 181 Å². The van der Waals surface area contributed by atoms with Crippen LogP contribution in [0.25, 0.3) is 97.4 Å². The monoisotopic (exact) mass is 746 g/mol. The largest absolute Gasteiger partial charge is 0.309 e. The first-order valence-corrected chi connectivity index (χ1v) is 21.3. The van der Waals surface area contributed by atoms with Crippen molar-refractivity contribution >= 4 is 75.1 Å². The lowest BCUT2D eigenvalue weighted by Gasteiger charge is -2.36. The van der Waals surface area contributed by atoms with E-state index in [2.05, 4.69) is 179 Å². The molecule has 13 rings (SSSR count). The molecule has 0 atom stereocenters. The molecule has 2 aliphatic rings. The summed E-state index contributed by atoms with van der Waals surface area (Å²) in [5.41, 5.74) is 15.9. The summed E-state index contributed by atoms with van der Waals surface area (Å²) in [4.78, 5) is 0. The third kappa shape index (κ3) is 4.41. The number of nitrogens with zero attached hydrogens (tertiary/aromatic N) is 2. The number of hydrogen-bond donors (Lipinski definition) is 0. The second-order valence-corrected chi connectivity index (χ2v) is 17.5. The Morgan fingerprint density at radius 1 is 0.368 bits per heavy atom. The predicted octanol–water partition coefficient (Wildman–Crippen LogP) is 15.1. The van der Waals surface area contributed by atoms with Crippen molar-refractivity contribution in [3.8, 4) is 33.6 Å². The van der Waals surface area contributed by atoms with Crippen LogP contribution in [0, 0.1) is 0 Å². The third-order valence-corrected chi connectivity index (χ3v) is 14.7. The van der Waals surface area contributed by atoms with Gasteiger partial charge in [0.1, 0.15) is 0 Å². The maximum atomic E-state index is 2.59. The number of benzene rings is 8. The van der Waals surface area contributed by atoms with Crippen LogP contribution in [0.3, 0.4) is 0 Å². The van der Waals surface area contributed by atoms with Gasteiger partial charge >= 0.3 is 0 Å². The van der Waals surface area contributed by atoms with E-state index in [4.69, 9.17) is 0 Å². The van der Waals surface area contributed by atoms with E-state index in [1.807, 2.05) is 11.3 Å². The standard InChI is InChI=1S/C54H38N2S/c1-3-13-36(14-4-1)55-50-30-35(22-25-41(50)44-32-47-43(33-51(44)55)38-15-5-8-18-46(38)54(47)27-11-2-12-28-54)34-21-24-40-39-16-6-9-19-48(39)56(49(40)29-34)37-23-26-53-45(31-37)42-17-7-10-20-52(42)57-53/h1,3-10,13-26,29-33H,2,11-12,27-28H2. The van der Waals surface area contributed by atoms with Crippen molar-refractivity contribution in [2.24, 2.45) is 0 Å². The topological polar surface area (TPSA) is 9.86 Å². The molecule has 1 spiro atoms. The Bertz CT molecular complexity index is 3440. The quantitative estimate of drug-likeness (QED) is 0.170. The predicted molar refractivity (Wildman–Crippen MR) is 243 cm³/mol. The Hall–Kier alpha value is -6.42. The van der Waals surface area contributed by atoms with Crippen LogP contribution < -0.4 is 0 Å². The third-order valence-electron chi connectivity index (χ3n) is 13.5. The van der Waals surface area contributed by atoms with Gasteiger partial charge in [-0.2, -0.15) is 0 Å². The average Bonchev–Trinajstić information content (AvgIpc) is 3.98. The molecule has 0 N–H and O–H groups in total. The van der Waals surface area contributed by atoms with Gasteiger partial charge in [-0.15, -0.1) is 11.3 Å². The van der Waals surface area contributed by atoms with Gasteiger partial charge in [-0.1, -0.05) is 122 Å². The van der Waals surface area contributed by atoms with Gasteiger partial charge in [0, 0.05) is 58.5 Å². The van der Waals surface area contributed by atoms with Crippen molar-refractivity contribution < 1.29 is 0 Å². The van der Waals surface area contributed by atoms with Gasteiger partial charge in [-0.25, -0.2) is 0 Å². The molecule has 8 aromatic carbocycles. The number of rotatable bonds is 3. The molecule has 2 aliphatic carbocycles. The maximum absolute atomic E-state index is 2.59. The zero-order chi connectivity index (χ0) is 37.2. The number of aromatic nitrogens is 2. The summed E-state index contributed by atoms with van der Waals surface area (Å²) in [6.45, 7) is 0. The Morgan fingerprint density at radius 3 is 1.82 bits per heavy atom. The van der Waals surface area contributed by atoms with Gasteiger partial charge < -0.3 is 9.13 Å². The summed E-state index contributed by atoms with van der Waals surface area (Å²) >= 11 is 1.87. The minimum Gasteiger partial charge on any atom is -0.309 e. The first kappa shape index (κ1) is 31.7. The van der Waals surface area contributed by atoms with Gasteiger partial charge in [0.15, 0.2) is 0 Å². The molecule has 57 heavy (non-hydrogen) atoms. The van der Waals surface area contributed by atoms with Gasteiger partial charge in [0.25, 0.3) is 0 Å². The summed E-state index contributed by atoms with van der Waals surface area (Å²) in [6.07, 6.45) is 6.40. The van der Waals surface area contributed by atoms with Crippen LogP contribution in [0.4, 0.5) is 0 Å². The maximum Gasteiger partial charge on any atom is 0.0547 e. The molecule has 0 unspecified atom stereocenters. The summed E-state index contributed by atoms with van der Waals surface area (Å²) < 4.78 is 7.64. The van der Waals surface area contributed by atoms with E-state index < -0.39 is 0 Å². The fraction of sp³-hybridized carbons (Fsp3) is 0.111. The summed E-state index contributed by atoms with van der Waals surface area (Å²) in [6, 6.07) is 64.3. The van der Waals surface area contributed by atoms with Crippen LogP contribution in [-0.4, -0.2) is 9.13 Å². The van der Waals surface area contributed by atoms with E-state index in [-0.39, 0.29) is 5.41 Å². The highest BCUT2D eigenvalue weighted by Crippen LogP contribution is 2.57. The minimum atomic E-state index is 0.119. The van der Waals surface area contributed by atoms with E-state index in [1.54, 1.807) is 11.1 Å². The van der Waals surface area contributed by atoms with Crippen LogP contribution in [-0.2, 0) is 5.41 Å². The lowest BCUT2D eigenvalue weighted by molar-refractivity contribution is 0.353. The SMILES string of the molecule is c1ccc(-n2c3cc(-c4ccc5c6ccccc6n(-c6ccc7sc8ccccc8c7c6)c5c4)ccc3c3cc4c(cc32)-c2ccccc2C42CCCCC2)cc1. The summed E-state index contributed by atoms with van der Waals surface area (Å²) in [7, 11) is 0. The molecule has 0 saturated heterocycles. The van der Waals surface area contributed by atoms with E-state index in [9.17, 15) is 0 Å². The number of fused-ring (bicyclic) bond motifs is 14. The Morgan fingerprint density at radius 2 is 1.00 bits per heavy atom. The Labute approximate surface area is 334 Å². The van der Waals surface area contributed by atoms with Crippen LogP contribution in [0.2, 0.25) is 0 Å². The summed E-state index contributed by atoms with van der Waals surface area (Å²) in [5.74, 6) is 0. The number of para-hydroxylation sites is 2. The lowest BCUT2D eigenvalue weighted by Crippen LogP contribution is -2.27. The molecular weight excluding hydrogens is 709 g/mol. The fourth-order valence-corrected chi connectivity index (χ4v) is 12.1. The number of thiophene rings is 1. The average molecular weight is 747 g/mol. The molecule has 2 nitrogen and oxygen atoms in total. The molecule has 1 fully saturated rings. The Balaban J connectivity index is 1.04. The van der Waals surface area contributed by atoms with E-state index in [0.717, 1.165) is 0 Å². The van der Waals surface area contributed by atoms with Crippen molar-refractivity contribution in [2.75, 3.05) is 0 Å². The molecule has 3 heterocycles. The van der Waals surface area contributed by atoms with Crippen molar-refractivity contribution in [2.45, 2.75) is 37.5 Å².